The van der Waals surface area contributed by atoms with Gasteiger partial charge in [-0.15, -0.1) is 11.8 Å². The minimum atomic E-state index is -1.99. The first-order valence-corrected chi connectivity index (χ1v) is 16.5. The van der Waals surface area contributed by atoms with Gasteiger partial charge in [-0.05, 0) is 56.3 Å². The van der Waals surface area contributed by atoms with E-state index < -0.39 is 14.4 Å². The van der Waals surface area contributed by atoms with Crippen molar-refractivity contribution in [3.8, 4) is 17.6 Å². The van der Waals surface area contributed by atoms with Gasteiger partial charge in [0.1, 0.15) is 17.6 Å². The average molecular weight is 511 g/mol. The van der Waals surface area contributed by atoms with Gasteiger partial charge in [0.25, 0.3) is 0 Å². The molecule has 2 aliphatic rings. The van der Waals surface area contributed by atoms with E-state index in [1.807, 2.05) is 19.9 Å². The number of fused-ring (bicyclic) bond motifs is 3. The van der Waals surface area contributed by atoms with Gasteiger partial charge in [-0.2, -0.15) is 0 Å². The van der Waals surface area contributed by atoms with E-state index in [0.717, 1.165) is 25.0 Å². The quantitative estimate of drug-likeness (QED) is 0.213. The predicted octanol–water partition coefficient (Wildman–Crippen LogP) is 6.82. The van der Waals surface area contributed by atoms with Gasteiger partial charge in [-0.25, -0.2) is 0 Å². The maximum Gasteiger partial charge on any atom is 0.192 e. The Labute approximate surface area is 220 Å². The second-order valence-corrected chi connectivity index (χ2v) is 17.0. The van der Waals surface area contributed by atoms with Crippen molar-refractivity contribution in [2.24, 2.45) is 11.8 Å². The van der Waals surface area contributed by atoms with Crippen LogP contribution in [0.15, 0.2) is 30.4 Å². The van der Waals surface area contributed by atoms with Crippen molar-refractivity contribution in [3.05, 3.63) is 41.5 Å². The summed E-state index contributed by atoms with van der Waals surface area (Å²) in [5.74, 6) is 7.67. The Bertz CT molecular complexity index is 1010. The minimum absolute atomic E-state index is 0.0598. The van der Waals surface area contributed by atoms with Crippen LogP contribution in [-0.2, 0) is 15.6 Å². The second-order valence-electron chi connectivity index (χ2n) is 12.3. The largest absolute Gasteiger partial charge is 0.489 e. The van der Waals surface area contributed by atoms with Gasteiger partial charge in [0, 0.05) is 36.7 Å². The number of hydrogen-bond donors (Lipinski definition) is 1. The summed E-state index contributed by atoms with van der Waals surface area (Å²) in [6.45, 7) is 17.0. The SMILES string of the molecule is CC#CC[C@H](C)[C@H](O)/C=C/[C@@H]1[C@H]2c3cccc(CCCC(C)=O)c3O[C@H]2C[C@H]1O[Si](C)(C)C(C)(C)C. The molecule has 0 saturated heterocycles. The summed E-state index contributed by atoms with van der Waals surface area (Å²) < 4.78 is 13.6. The molecule has 5 heteroatoms. The van der Waals surface area contributed by atoms with E-state index in [1.54, 1.807) is 6.92 Å². The van der Waals surface area contributed by atoms with Gasteiger partial charge in [0.15, 0.2) is 8.32 Å². The number of aliphatic hydroxyl groups excluding tert-OH is 1. The first-order chi connectivity index (χ1) is 16.9. The highest BCUT2D eigenvalue weighted by molar-refractivity contribution is 6.74. The van der Waals surface area contributed by atoms with E-state index in [4.69, 9.17) is 9.16 Å². The van der Waals surface area contributed by atoms with Crippen LogP contribution in [0.5, 0.6) is 5.75 Å². The summed E-state index contributed by atoms with van der Waals surface area (Å²) in [7, 11) is -1.99. The summed E-state index contributed by atoms with van der Waals surface area (Å²) in [6, 6.07) is 6.45. The maximum atomic E-state index is 11.4. The number of rotatable bonds is 10. The number of benzene rings is 1. The molecule has 4 nitrogen and oxygen atoms in total. The van der Waals surface area contributed by atoms with Crippen LogP contribution in [0.25, 0.3) is 0 Å². The molecule has 0 bridgehead atoms. The molecule has 1 N–H and O–H groups in total. The number of aryl methyl sites for hydroxylation is 1. The molecule has 1 aliphatic heterocycles. The van der Waals surface area contributed by atoms with Crippen LogP contribution < -0.4 is 4.74 Å². The molecule has 1 heterocycles. The lowest BCUT2D eigenvalue weighted by molar-refractivity contribution is -0.117. The fourth-order valence-corrected chi connectivity index (χ4v) is 6.53. The normalized spacial score (nSPS) is 25.0. The Balaban J connectivity index is 1.90. The molecule has 1 aromatic carbocycles. The zero-order chi connectivity index (χ0) is 26.7. The molecule has 36 heavy (non-hydrogen) atoms. The molecule has 6 atom stereocenters. The first kappa shape index (κ1) is 28.7. The molecule has 0 spiro atoms. The number of ether oxygens (including phenoxy) is 1. The van der Waals surface area contributed by atoms with E-state index >= 15 is 0 Å². The molecule has 1 aromatic rings. The average Bonchev–Trinajstić information content (AvgIpc) is 3.30. The fourth-order valence-electron chi connectivity index (χ4n) is 5.17. The number of ketones is 1. The van der Waals surface area contributed by atoms with Crippen LogP contribution in [0.2, 0.25) is 18.1 Å². The lowest BCUT2D eigenvalue weighted by Crippen LogP contribution is -2.45. The summed E-state index contributed by atoms with van der Waals surface area (Å²) in [6.07, 6.45) is 7.57. The smallest absolute Gasteiger partial charge is 0.192 e. The van der Waals surface area contributed by atoms with Crippen molar-refractivity contribution < 1.29 is 19.1 Å². The first-order valence-electron chi connectivity index (χ1n) is 13.6. The van der Waals surface area contributed by atoms with Crippen LogP contribution in [-0.4, -0.2) is 37.5 Å². The molecule has 1 fully saturated rings. The van der Waals surface area contributed by atoms with E-state index in [-0.39, 0.29) is 40.8 Å². The van der Waals surface area contributed by atoms with Crippen molar-refractivity contribution in [1.82, 2.24) is 0 Å². The number of hydrogen-bond acceptors (Lipinski definition) is 4. The predicted molar refractivity (Wildman–Crippen MR) is 150 cm³/mol. The van der Waals surface area contributed by atoms with Gasteiger partial charge in [-0.1, -0.05) is 58.0 Å². The molecule has 0 unspecified atom stereocenters. The van der Waals surface area contributed by atoms with Crippen LogP contribution in [0.1, 0.15) is 84.3 Å². The summed E-state index contributed by atoms with van der Waals surface area (Å²) in [4.78, 5) is 11.4. The van der Waals surface area contributed by atoms with Gasteiger partial charge < -0.3 is 19.1 Å². The topological polar surface area (TPSA) is 55.8 Å². The van der Waals surface area contributed by atoms with Gasteiger partial charge >= 0.3 is 0 Å². The molecule has 0 aromatic heterocycles. The van der Waals surface area contributed by atoms with E-state index in [2.05, 4.69) is 70.0 Å². The number of para-hydroxylation sites is 1. The molecule has 198 valence electrons. The highest BCUT2D eigenvalue weighted by Gasteiger charge is 2.52. The monoisotopic (exact) mass is 510 g/mol. The van der Waals surface area contributed by atoms with Crippen molar-refractivity contribution in [2.45, 2.75) is 116 Å². The summed E-state index contributed by atoms with van der Waals surface area (Å²) >= 11 is 0. The second kappa shape index (κ2) is 11.7. The highest BCUT2D eigenvalue weighted by Crippen LogP contribution is 2.54. The fraction of sp³-hybridized carbons (Fsp3) is 0.645. The van der Waals surface area contributed by atoms with Crippen LogP contribution >= 0.6 is 0 Å². The van der Waals surface area contributed by atoms with Gasteiger partial charge in [0.2, 0.25) is 0 Å². The van der Waals surface area contributed by atoms with Crippen molar-refractivity contribution >= 4 is 14.1 Å². The minimum Gasteiger partial charge on any atom is -0.489 e. The lowest BCUT2D eigenvalue weighted by atomic mass is 9.86. The molecule has 1 saturated carbocycles. The highest BCUT2D eigenvalue weighted by atomic mass is 28.4. The van der Waals surface area contributed by atoms with Crippen LogP contribution in [0, 0.1) is 23.7 Å². The summed E-state index contributed by atoms with van der Waals surface area (Å²) in [5.41, 5.74) is 2.44. The maximum absolute atomic E-state index is 11.4. The standard InChI is InChI=1S/C31H46O4Si/c1-9-10-13-21(2)26(33)19-18-24-27(35-36(7,8)31(4,5)6)20-28-29(24)25-17-12-16-23(30(25)34-28)15-11-14-22(3)32/h12,16-19,21,24,26-29,33H,11,13-15,20H2,1-8H3/b19-18+/t21-,24-,26+,27+,28-,29-/m0/s1. The van der Waals surface area contributed by atoms with E-state index in [0.29, 0.717) is 12.8 Å². The molecule has 0 radical (unpaired) electrons. The van der Waals surface area contributed by atoms with Crippen molar-refractivity contribution in [1.29, 1.82) is 0 Å². The lowest BCUT2D eigenvalue weighted by Gasteiger charge is -2.40. The van der Waals surface area contributed by atoms with E-state index in [9.17, 15) is 9.90 Å². The molecular formula is C31H46O4Si. The third kappa shape index (κ3) is 6.51. The third-order valence-electron chi connectivity index (χ3n) is 8.41. The van der Waals surface area contributed by atoms with E-state index in [1.165, 1.54) is 11.1 Å². The van der Waals surface area contributed by atoms with Crippen LogP contribution in [0.3, 0.4) is 0 Å². The Morgan fingerprint density at radius 2 is 2.06 bits per heavy atom. The van der Waals surface area contributed by atoms with Crippen LogP contribution in [0.4, 0.5) is 0 Å². The van der Waals surface area contributed by atoms with Crippen molar-refractivity contribution in [2.75, 3.05) is 0 Å². The number of Topliss-reactive ketones (excluding diaryl/α,β-unsaturated/α-hetero) is 1. The zero-order valence-electron chi connectivity index (χ0n) is 23.6. The Kier molecular flexibility index (Phi) is 9.30. The molecular weight excluding hydrogens is 464 g/mol. The van der Waals surface area contributed by atoms with Gasteiger partial charge in [0.05, 0.1) is 12.2 Å². The Morgan fingerprint density at radius 1 is 1.33 bits per heavy atom. The molecule has 0 amide bonds. The zero-order valence-corrected chi connectivity index (χ0v) is 24.6. The van der Waals surface area contributed by atoms with Crippen molar-refractivity contribution in [3.63, 3.8) is 0 Å². The number of aliphatic hydroxyl groups is 1. The van der Waals surface area contributed by atoms with Gasteiger partial charge in [-0.3, -0.25) is 0 Å². The Morgan fingerprint density at radius 3 is 2.69 bits per heavy atom. The number of carbonyl (C=O) groups is 1. The molecule has 1 aliphatic carbocycles. The number of carbonyl (C=O) groups excluding carboxylic acids is 1. The summed E-state index contributed by atoms with van der Waals surface area (Å²) in [5, 5.41) is 10.9. The Hall–Kier alpha value is -1.87. The third-order valence-corrected chi connectivity index (χ3v) is 12.9. The molecule has 3 rings (SSSR count).